The Labute approximate surface area is 164 Å². The van der Waals surface area contributed by atoms with Crippen LogP contribution in [0.25, 0.3) is 0 Å². The lowest BCUT2D eigenvalue weighted by molar-refractivity contribution is -0.133. The number of nitrogens with one attached hydrogen (secondary N) is 1. The Kier molecular flexibility index (Phi) is 7.26. The van der Waals surface area contributed by atoms with Gasteiger partial charge in [0, 0.05) is 10.4 Å². The van der Waals surface area contributed by atoms with E-state index in [0.717, 1.165) is 16.6 Å². The van der Waals surface area contributed by atoms with Gasteiger partial charge in [-0.2, -0.15) is 0 Å². The second-order valence-corrected chi connectivity index (χ2v) is 7.58. The van der Waals surface area contributed by atoms with E-state index in [2.05, 4.69) is 5.32 Å². The molecule has 0 bridgehead atoms. The zero-order chi connectivity index (χ0) is 20.0. The minimum Gasteiger partial charge on any atom is -0.504 e. The van der Waals surface area contributed by atoms with E-state index in [-0.39, 0.29) is 34.7 Å². The number of phenols is 1. The van der Waals surface area contributed by atoms with E-state index in [1.165, 1.54) is 36.6 Å². The summed E-state index contributed by atoms with van der Waals surface area (Å²) in [6.07, 6.45) is 0.702. The highest BCUT2D eigenvalue weighted by Gasteiger charge is 2.20. The number of carbonyl (C=O) groups excluding carboxylic acids is 2. The molecule has 0 atom stereocenters. The number of carbonyl (C=O) groups is 3. The first kappa shape index (κ1) is 20.8. The van der Waals surface area contributed by atoms with Gasteiger partial charge < -0.3 is 20.3 Å². The number of methoxy groups -OCH3 is 1. The van der Waals surface area contributed by atoms with Crippen molar-refractivity contribution in [2.24, 2.45) is 0 Å². The lowest BCUT2D eigenvalue weighted by Crippen LogP contribution is -2.16. The number of aryl methyl sites for hydroxylation is 1. The highest BCUT2D eigenvalue weighted by Crippen LogP contribution is 2.33. The van der Waals surface area contributed by atoms with Crippen LogP contribution in [0.1, 0.15) is 27.7 Å². The van der Waals surface area contributed by atoms with Crippen molar-refractivity contribution in [2.75, 3.05) is 23.9 Å². The van der Waals surface area contributed by atoms with Gasteiger partial charge in [-0.25, -0.2) is 0 Å². The van der Waals surface area contributed by atoms with Crippen LogP contribution in [0.2, 0.25) is 0 Å². The third-order valence-corrected chi connectivity index (χ3v) is 5.64. The van der Waals surface area contributed by atoms with E-state index in [9.17, 15) is 19.5 Å². The maximum absolute atomic E-state index is 12.9. The standard InChI is InChI=1S/C18H19NO6S2/c1-3-11-7-12(17(24)10-4-5-13(20)14(6-10)25-2)18(27-11)19-15(21)8-26-9-16(22)23/h4-7,20H,3,8-9H2,1-2H3,(H,19,21)(H,22,23). The zero-order valence-electron chi connectivity index (χ0n) is 14.8. The fraction of sp³-hybridized carbons (Fsp3) is 0.278. The number of hydrogen-bond acceptors (Lipinski definition) is 7. The molecule has 2 aromatic rings. The van der Waals surface area contributed by atoms with Gasteiger partial charge in [0.2, 0.25) is 5.91 Å². The monoisotopic (exact) mass is 409 g/mol. The van der Waals surface area contributed by atoms with E-state index in [1.807, 2.05) is 6.92 Å². The van der Waals surface area contributed by atoms with Crippen molar-refractivity contribution in [1.29, 1.82) is 0 Å². The number of aliphatic carboxylic acids is 1. The van der Waals surface area contributed by atoms with Gasteiger partial charge in [0.1, 0.15) is 5.00 Å². The number of rotatable bonds is 9. The summed E-state index contributed by atoms with van der Waals surface area (Å²) < 4.78 is 5.04. The molecular weight excluding hydrogens is 390 g/mol. The van der Waals surface area contributed by atoms with E-state index >= 15 is 0 Å². The molecule has 0 spiro atoms. The van der Waals surface area contributed by atoms with Crippen LogP contribution in [-0.4, -0.2) is 46.5 Å². The van der Waals surface area contributed by atoms with Gasteiger partial charge >= 0.3 is 5.97 Å². The van der Waals surface area contributed by atoms with Crippen molar-refractivity contribution >= 4 is 45.8 Å². The Bertz CT molecular complexity index is 862. The first-order valence-corrected chi connectivity index (χ1v) is 9.96. The Balaban J connectivity index is 2.23. The van der Waals surface area contributed by atoms with E-state index in [1.54, 1.807) is 6.07 Å². The van der Waals surface area contributed by atoms with Gasteiger partial charge in [-0.05, 0) is 30.7 Å². The van der Waals surface area contributed by atoms with E-state index in [4.69, 9.17) is 9.84 Å². The number of phenolic OH excluding ortho intramolecular Hbond substituents is 1. The maximum Gasteiger partial charge on any atom is 0.313 e. The third kappa shape index (κ3) is 5.48. The molecule has 0 saturated carbocycles. The minimum absolute atomic E-state index is 0.0215. The number of ether oxygens (including phenoxy) is 1. The predicted molar refractivity (Wildman–Crippen MR) is 105 cm³/mol. The summed E-state index contributed by atoms with van der Waals surface area (Å²) in [6.45, 7) is 1.94. The molecule has 144 valence electrons. The number of benzene rings is 1. The van der Waals surface area contributed by atoms with Crippen LogP contribution in [0.5, 0.6) is 11.5 Å². The average Bonchev–Trinajstić information content (AvgIpc) is 3.04. The van der Waals surface area contributed by atoms with Crippen molar-refractivity contribution in [3.63, 3.8) is 0 Å². The molecule has 0 radical (unpaired) electrons. The molecule has 0 fully saturated rings. The molecule has 1 aromatic heterocycles. The predicted octanol–water partition coefficient (Wildman–Crippen LogP) is 3.01. The summed E-state index contributed by atoms with van der Waals surface area (Å²) in [5, 5.41) is 21.4. The molecular formula is C18H19NO6S2. The van der Waals surface area contributed by atoms with Gasteiger partial charge in [-0.15, -0.1) is 23.1 Å². The fourth-order valence-electron chi connectivity index (χ4n) is 2.25. The molecule has 1 heterocycles. The number of thiophene rings is 1. The number of aromatic hydroxyl groups is 1. The largest absolute Gasteiger partial charge is 0.504 e. The zero-order valence-corrected chi connectivity index (χ0v) is 16.4. The Morgan fingerprint density at radius 3 is 2.59 bits per heavy atom. The smallest absolute Gasteiger partial charge is 0.313 e. The Hall–Kier alpha value is -2.52. The molecule has 1 amide bonds. The average molecular weight is 409 g/mol. The Morgan fingerprint density at radius 2 is 1.96 bits per heavy atom. The van der Waals surface area contributed by atoms with Gasteiger partial charge in [-0.1, -0.05) is 6.92 Å². The minimum atomic E-state index is -0.991. The maximum atomic E-state index is 12.9. The quantitative estimate of drug-likeness (QED) is 0.546. The lowest BCUT2D eigenvalue weighted by Gasteiger charge is -2.08. The van der Waals surface area contributed by atoms with Crippen molar-refractivity contribution in [3.8, 4) is 11.5 Å². The molecule has 2 rings (SSSR count). The lowest BCUT2D eigenvalue weighted by atomic mass is 10.0. The number of thioether (sulfide) groups is 1. The normalized spacial score (nSPS) is 10.4. The van der Waals surface area contributed by atoms with Crippen molar-refractivity contribution in [2.45, 2.75) is 13.3 Å². The highest BCUT2D eigenvalue weighted by molar-refractivity contribution is 8.00. The summed E-state index contributed by atoms with van der Waals surface area (Å²) in [5.41, 5.74) is 0.669. The van der Waals surface area contributed by atoms with E-state index < -0.39 is 5.97 Å². The molecule has 1 aromatic carbocycles. The van der Waals surface area contributed by atoms with Gasteiger partial charge in [0.05, 0.1) is 24.2 Å². The summed E-state index contributed by atoms with van der Waals surface area (Å²) in [6, 6.07) is 6.03. The van der Waals surface area contributed by atoms with Crippen LogP contribution >= 0.6 is 23.1 Å². The molecule has 9 heteroatoms. The van der Waals surface area contributed by atoms with Gasteiger partial charge in [0.25, 0.3) is 0 Å². The summed E-state index contributed by atoms with van der Waals surface area (Å²) in [5.74, 6) is -1.75. The fourth-order valence-corrected chi connectivity index (χ4v) is 3.79. The second kappa shape index (κ2) is 9.43. The van der Waals surface area contributed by atoms with Crippen LogP contribution in [0.3, 0.4) is 0 Å². The molecule has 0 saturated heterocycles. The van der Waals surface area contributed by atoms with Crippen LogP contribution in [0, 0.1) is 0 Å². The number of carboxylic acid groups (broad SMARTS) is 1. The number of hydrogen-bond donors (Lipinski definition) is 3. The van der Waals surface area contributed by atoms with Crippen LogP contribution < -0.4 is 10.1 Å². The first-order valence-electron chi connectivity index (χ1n) is 7.99. The molecule has 0 aliphatic carbocycles. The van der Waals surface area contributed by atoms with Gasteiger partial charge in [0.15, 0.2) is 17.3 Å². The molecule has 27 heavy (non-hydrogen) atoms. The third-order valence-electron chi connectivity index (χ3n) is 3.53. The Morgan fingerprint density at radius 1 is 1.22 bits per heavy atom. The van der Waals surface area contributed by atoms with Crippen molar-refractivity contribution < 1.29 is 29.3 Å². The van der Waals surface area contributed by atoms with Crippen molar-refractivity contribution in [1.82, 2.24) is 0 Å². The number of anilines is 1. The van der Waals surface area contributed by atoms with Crippen LogP contribution in [0.15, 0.2) is 24.3 Å². The topological polar surface area (TPSA) is 113 Å². The second-order valence-electron chi connectivity index (χ2n) is 5.46. The molecule has 0 aliphatic rings. The summed E-state index contributed by atoms with van der Waals surface area (Å²) in [4.78, 5) is 36.4. The van der Waals surface area contributed by atoms with E-state index in [0.29, 0.717) is 22.5 Å². The molecule has 0 unspecified atom stereocenters. The molecule has 7 nitrogen and oxygen atoms in total. The summed E-state index contributed by atoms with van der Waals surface area (Å²) >= 11 is 2.29. The number of ketones is 1. The highest BCUT2D eigenvalue weighted by atomic mass is 32.2. The SMILES string of the molecule is CCc1cc(C(=O)c2ccc(O)c(OC)c2)c(NC(=O)CSCC(=O)O)s1. The first-order chi connectivity index (χ1) is 12.8. The van der Waals surface area contributed by atoms with Gasteiger partial charge in [-0.3, -0.25) is 14.4 Å². The number of carboxylic acids is 1. The molecule has 0 aliphatic heterocycles. The van der Waals surface area contributed by atoms with Crippen LogP contribution in [-0.2, 0) is 16.0 Å². The summed E-state index contributed by atoms with van der Waals surface area (Å²) in [7, 11) is 1.39. The molecule has 3 N–H and O–H groups in total. The van der Waals surface area contributed by atoms with Crippen molar-refractivity contribution in [3.05, 3.63) is 40.3 Å². The van der Waals surface area contributed by atoms with Crippen LogP contribution in [0.4, 0.5) is 5.00 Å². The number of amides is 1.